The van der Waals surface area contributed by atoms with E-state index in [0.717, 1.165) is 0 Å². The predicted octanol–water partition coefficient (Wildman–Crippen LogP) is 5.18. The van der Waals surface area contributed by atoms with Crippen molar-refractivity contribution in [3.05, 3.63) is 83.5 Å². The number of hydrogen-bond donors (Lipinski definition) is 0. The van der Waals surface area contributed by atoms with E-state index >= 15 is 0 Å². The van der Waals surface area contributed by atoms with E-state index in [-0.39, 0.29) is 40.3 Å². The van der Waals surface area contributed by atoms with Crippen molar-refractivity contribution in [3.63, 3.8) is 0 Å². The Balaban J connectivity index is 0.000000670. The van der Waals surface area contributed by atoms with Gasteiger partial charge in [0.05, 0.1) is 10.8 Å². The van der Waals surface area contributed by atoms with Crippen LogP contribution in [0.1, 0.15) is 0 Å². The van der Waals surface area contributed by atoms with Crippen molar-refractivity contribution in [2.45, 2.75) is 0 Å². The van der Waals surface area contributed by atoms with Gasteiger partial charge < -0.3 is 4.42 Å². The first-order chi connectivity index (χ1) is 11.1. The fourth-order valence-electron chi connectivity index (χ4n) is 2.56. The quantitative estimate of drug-likeness (QED) is 0.319. The summed E-state index contributed by atoms with van der Waals surface area (Å²) in [4.78, 5) is 12.4. The average Bonchev–Trinajstić information content (AvgIpc) is 2.56. The van der Waals surface area contributed by atoms with Crippen LogP contribution in [0.4, 0.5) is 8.78 Å². The summed E-state index contributed by atoms with van der Waals surface area (Å²) in [6.07, 6.45) is 0. The SMILES string of the molecule is C=C.O=c1c2ccc(F)cc2oc2cc3cccc(F)c3cc12.[V]. The van der Waals surface area contributed by atoms with Gasteiger partial charge >= 0.3 is 0 Å². The van der Waals surface area contributed by atoms with Crippen LogP contribution in [0.2, 0.25) is 0 Å². The molecule has 0 aliphatic heterocycles. The number of rotatable bonds is 0. The van der Waals surface area contributed by atoms with Gasteiger partial charge in [0.2, 0.25) is 5.43 Å². The van der Waals surface area contributed by atoms with E-state index in [0.29, 0.717) is 16.4 Å². The first kappa shape index (κ1) is 17.9. The molecule has 0 fully saturated rings. The molecule has 119 valence electrons. The van der Waals surface area contributed by atoms with Crippen molar-refractivity contribution in [2.75, 3.05) is 0 Å². The molecule has 0 unspecified atom stereocenters. The van der Waals surface area contributed by atoms with E-state index in [1.807, 2.05) is 0 Å². The van der Waals surface area contributed by atoms with Crippen LogP contribution in [0, 0.1) is 11.6 Å². The summed E-state index contributed by atoms with van der Waals surface area (Å²) >= 11 is 0. The topological polar surface area (TPSA) is 30.2 Å². The minimum atomic E-state index is -0.475. The van der Waals surface area contributed by atoms with Gasteiger partial charge in [-0.05, 0) is 35.7 Å². The third-order valence-corrected chi connectivity index (χ3v) is 3.58. The minimum Gasteiger partial charge on any atom is -0.456 e. The Morgan fingerprint density at radius 2 is 1.54 bits per heavy atom. The van der Waals surface area contributed by atoms with Crippen molar-refractivity contribution < 1.29 is 31.8 Å². The second kappa shape index (κ2) is 6.99. The Morgan fingerprint density at radius 1 is 0.833 bits per heavy atom. The number of benzene rings is 3. The Hall–Kier alpha value is -2.43. The van der Waals surface area contributed by atoms with Gasteiger partial charge in [-0.15, -0.1) is 13.2 Å². The van der Waals surface area contributed by atoms with E-state index in [9.17, 15) is 13.6 Å². The maximum atomic E-state index is 13.8. The van der Waals surface area contributed by atoms with Crippen molar-refractivity contribution in [2.24, 2.45) is 0 Å². The van der Waals surface area contributed by atoms with E-state index < -0.39 is 11.6 Å². The molecule has 0 N–H and O–H groups in total. The van der Waals surface area contributed by atoms with Gasteiger partial charge in [0.15, 0.2) is 0 Å². The third kappa shape index (κ3) is 2.86. The summed E-state index contributed by atoms with van der Waals surface area (Å²) in [7, 11) is 0. The first-order valence-corrected chi connectivity index (χ1v) is 6.88. The Labute approximate surface area is 148 Å². The van der Waals surface area contributed by atoms with Gasteiger partial charge in [0, 0.05) is 30.0 Å². The second-order valence-electron chi connectivity index (χ2n) is 4.88. The number of hydrogen-bond acceptors (Lipinski definition) is 2. The summed E-state index contributed by atoms with van der Waals surface area (Å²) in [6, 6.07) is 11.5. The van der Waals surface area contributed by atoms with Gasteiger partial charge in [-0.3, -0.25) is 4.79 Å². The molecule has 1 aromatic heterocycles. The van der Waals surface area contributed by atoms with Gasteiger partial charge in [0.25, 0.3) is 0 Å². The zero-order valence-corrected chi connectivity index (χ0v) is 13.9. The summed E-state index contributed by atoms with van der Waals surface area (Å²) < 4.78 is 32.7. The third-order valence-electron chi connectivity index (χ3n) is 3.58. The van der Waals surface area contributed by atoms with Gasteiger partial charge in [-0.1, -0.05) is 12.1 Å². The molecule has 0 aliphatic rings. The fourth-order valence-corrected chi connectivity index (χ4v) is 2.56. The van der Waals surface area contributed by atoms with Crippen LogP contribution in [0.3, 0.4) is 0 Å². The molecule has 4 aromatic rings. The van der Waals surface area contributed by atoms with Gasteiger partial charge in [-0.25, -0.2) is 8.78 Å². The van der Waals surface area contributed by atoms with Gasteiger partial charge in [-0.2, -0.15) is 0 Å². The molecule has 5 heteroatoms. The molecule has 1 radical (unpaired) electrons. The number of fused-ring (bicyclic) bond motifs is 3. The molecule has 0 atom stereocenters. The smallest absolute Gasteiger partial charge is 0.200 e. The summed E-state index contributed by atoms with van der Waals surface area (Å²) in [5, 5.41) is 1.55. The maximum absolute atomic E-state index is 13.8. The second-order valence-corrected chi connectivity index (χ2v) is 4.88. The molecule has 3 aromatic carbocycles. The molecule has 0 spiro atoms. The molecule has 2 nitrogen and oxygen atoms in total. The molecule has 0 saturated heterocycles. The largest absolute Gasteiger partial charge is 0.456 e. The van der Waals surface area contributed by atoms with E-state index in [1.54, 1.807) is 18.2 Å². The fraction of sp³-hybridized carbons (Fsp3) is 0. The molecule has 0 bridgehead atoms. The van der Waals surface area contributed by atoms with E-state index in [4.69, 9.17) is 4.42 Å². The molecular formula is C19H12F2O2V. The zero-order valence-electron chi connectivity index (χ0n) is 12.6. The van der Waals surface area contributed by atoms with Crippen molar-refractivity contribution >= 4 is 32.7 Å². The Morgan fingerprint density at radius 3 is 2.29 bits per heavy atom. The molecular weight excluding hydrogens is 349 g/mol. The summed E-state index contributed by atoms with van der Waals surface area (Å²) in [6.45, 7) is 6.00. The van der Waals surface area contributed by atoms with Crippen LogP contribution in [0.5, 0.6) is 0 Å². The maximum Gasteiger partial charge on any atom is 0.200 e. The van der Waals surface area contributed by atoms with Crippen LogP contribution >= 0.6 is 0 Å². The zero-order chi connectivity index (χ0) is 16.6. The van der Waals surface area contributed by atoms with Crippen molar-refractivity contribution in [1.29, 1.82) is 0 Å². The van der Waals surface area contributed by atoms with Crippen LogP contribution < -0.4 is 5.43 Å². The minimum absolute atomic E-state index is 0. The van der Waals surface area contributed by atoms with Crippen molar-refractivity contribution in [1.82, 2.24) is 0 Å². The standard InChI is InChI=1S/C17H8F2O2.C2H4.V/c18-10-4-5-11-16(7-10)21-15-6-9-2-1-3-14(19)12(9)8-13(15)17(11)20;1-2;/h1-8H;1-2H2;. The van der Waals surface area contributed by atoms with Crippen LogP contribution in [0.25, 0.3) is 32.7 Å². The molecule has 0 aliphatic carbocycles. The van der Waals surface area contributed by atoms with Crippen LogP contribution in [0.15, 0.2) is 70.9 Å². The Kier molecular flexibility index (Phi) is 5.22. The molecule has 1 heterocycles. The van der Waals surface area contributed by atoms with Crippen molar-refractivity contribution in [3.8, 4) is 0 Å². The monoisotopic (exact) mass is 361 g/mol. The summed E-state index contributed by atoms with van der Waals surface area (Å²) in [5.41, 5.74) is 0.204. The van der Waals surface area contributed by atoms with Crippen LogP contribution in [-0.2, 0) is 18.6 Å². The van der Waals surface area contributed by atoms with Crippen LogP contribution in [-0.4, -0.2) is 0 Å². The first-order valence-electron chi connectivity index (χ1n) is 6.88. The molecule has 24 heavy (non-hydrogen) atoms. The molecule has 4 rings (SSSR count). The Bertz CT molecular complexity index is 1100. The van der Waals surface area contributed by atoms with E-state index in [2.05, 4.69) is 13.2 Å². The summed E-state index contributed by atoms with van der Waals surface area (Å²) in [5.74, 6) is -0.871. The number of halogens is 2. The van der Waals surface area contributed by atoms with Gasteiger partial charge in [0.1, 0.15) is 22.8 Å². The normalized spacial score (nSPS) is 10.2. The average molecular weight is 361 g/mol. The molecule has 0 saturated carbocycles. The van der Waals surface area contributed by atoms with E-state index in [1.165, 1.54) is 30.3 Å². The predicted molar refractivity (Wildman–Crippen MR) is 88.7 cm³/mol. The molecule has 0 amide bonds.